The van der Waals surface area contributed by atoms with E-state index in [1.54, 1.807) is 11.0 Å². The van der Waals surface area contributed by atoms with Gasteiger partial charge in [0.05, 0.1) is 5.69 Å². The van der Waals surface area contributed by atoms with Crippen LogP contribution in [0.3, 0.4) is 0 Å². The molecule has 0 atom stereocenters. The number of hydrogen-bond acceptors (Lipinski definition) is 7. The zero-order valence-electron chi connectivity index (χ0n) is 20.2. The zero-order valence-corrected chi connectivity index (χ0v) is 21.0. The summed E-state index contributed by atoms with van der Waals surface area (Å²) >= 11 is 1.18. The number of anilines is 2. The number of amides is 2. The third-order valence-corrected chi connectivity index (χ3v) is 6.90. The van der Waals surface area contributed by atoms with Crippen LogP contribution >= 0.6 is 11.3 Å². The molecule has 3 aromatic rings. The van der Waals surface area contributed by atoms with Crippen molar-refractivity contribution in [1.82, 2.24) is 15.2 Å². The molecule has 0 saturated carbocycles. The molecule has 4 N–H and O–H groups in total. The average Bonchev–Trinajstić information content (AvgIpc) is 3.14. The van der Waals surface area contributed by atoms with E-state index in [1.807, 2.05) is 20.8 Å². The molecule has 1 fully saturated rings. The van der Waals surface area contributed by atoms with Crippen LogP contribution in [0.4, 0.5) is 16.2 Å². The number of H-pyrrole nitrogens is 1. The minimum atomic E-state index is -0.492. The number of aromatic nitrogens is 1. The van der Waals surface area contributed by atoms with Gasteiger partial charge in [0.1, 0.15) is 15.3 Å². The first-order chi connectivity index (χ1) is 16.6. The Morgan fingerprint density at radius 1 is 1.09 bits per heavy atom. The van der Waals surface area contributed by atoms with Crippen LogP contribution in [-0.2, 0) is 11.2 Å². The normalized spacial score (nSPS) is 14.3. The van der Waals surface area contributed by atoms with Gasteiger partial charge in [-0.25, -0.2) is 4.79 Å². The Kier molecular flexibility index (Phi) is 7.02. The first-order valence-electron chi connectivity index (χ1n) is 11.6. The van der Waals surface area contributed by atoms with Crippen molar-refractivity contribution in [2.24, 2.45) is 0 Å². The fourth-order valence-electron chi connectivity index (χ4n) is 3.94. The summed E-state index contributed by atoms with van der Waals surface area (Å²) in [7, 11) is 0. The maximum Gasteiger partial charge on any atom is 0.410 e. The van der Waals surface area contributed by atoms with Crippen LogP contribution < -0.4 is 21.5 Å². The van der Waals surface area contributed by atoms with Crippen molar-refractivity contribution in [1.29, 1.82) is 0 Å². The second-order valence-electron chi connectivity index (χ2n) is 9.54. The number of fused-ring (bicyclic) bond motifs is 1. The molecular formula is C25H31N5O4S. The zero-order chi connectivity index (χ0) is 25.2. The highest BCUT2D eigenvalue weighted by Gasteiger charge is 2.26. The lowest BCUT2D eigenvalue weighted by Crippen LogP contribution is -2.50. The van der Waals surface area contributed by atoms with E-state index in [-0.39, 0.29) is 17.6 Å². The summed E-state index contributed by atoms with van der Waals surface area (Å²) in [5, 5.41) is 3.60. The van der Waals surface area contributed by atoms with Gasteiger partial charge in [-0.15, -0.1) is 11.3 Å². The molecule has 4 rings (SSSR count). The molecule has 35 heavy (non-hydrogen) atoms. The maximum atomic E-state index is 12.6. The molecule has 0 bridgehead atoms. The molecule has 1 saturated heterocycles. The first-order valence-corrected chi connectivity index (χ1v) is 12.4. The maximum absolute atomic E-state index is 12.6. The second-order valence-corrected chi connectivity index (χ2v) is 10.6. The standard InChI is InChI=1S/C25H31N5O4S/c1-25(2,3)34-24(33)30-14-12-29(13-15-30)17-6-4-16(5-7-17)10-11-27-22(32)21-20(26)18-8-9-19(31)28-23(18)35-21/h4-9H,10-15,26H2,1-3H3,(H,27,32)(H,28,31). The lowest BCUT2D eigenvalue weighted by molar-refractivity contribution is 0.0240. The summed E-state index contributed by atoms with van der Waals surface area (Å²) in [5.74, 6) is -0.246. The van der Waals surface area contributed by atoms with E-state index in [0.29, 0.717) is 46.8 Å². The van der Waals surface area contributed by atoms with E-state index in [4.69, 9.17) is 10.5 Å². The van der Waals surface area contributed by atoms with E-state index in [0.717, 1.165) is 24.3 Å². The second kappa shape index (κ2) is 9.99. The summed E-state index contributed by atoms with van der Waals surface area (Å²) in [4.78, 5) is 44.1. The summed E-state index contributed by atoms with van der Waals surface area (Å²) in [6, 6.07) is 11.3. The highest BCUT2D eigenvalue weighted by Crippen LogP contribution is 2.31. The van der Waals surface area contributed by atoms with Gasteiger partial charge >= 0.3 is 6.09 Å². The van der Waals surface area contributed by atoms with Crippen molar-refractivity contribution in [2.45, 2.75) is 32.8 Å². The van der Waals surface area contributed by atoms with E-state index >= 15 is 0 Å². The van der Waals surface area contributed by atoms with Crippen LogP contribution in [0.15, 0.2) is 41.2 Å². The summed E-state index contributed by atoms with van der Waals surface area (Å²) in [6.07, 6.45) is 0.417. The number of carbonyl (C=O) groups excluding carboxylic acids is 2. The van der Waals surface area contributed by atoms with Gasteiger partial charge in [-0.2, -0.15) is 0 Å². The molecule has 2 amide bonds. The number of hydrogen-bond donors (Lipinski definition) is 3. The van der Waals surface area contributed by atoms with Crippen molar-refractivity contribution < 1.29 is 14.3 Å². The minimum absolute atomic E-state index is 0.223. The lowest BCUT2D eigenvalue weighted by atomic mass is 10.1. The van der Waals surface area contributed by atoms with Crippen LogP contribution in [0.5, 0.6) is 0 Å². The van der Waals surface area contributed by atoms with Gasteiger partial charge in [0.15, 0.2) is 0 Å². The number of ether oxygens (including phenoxy) is 1. The highest BCUT2D eigenvalue weighted by atomic mass is 32.1. The molecule has 0 aliphatic carbocycles. The molecule has 1 aliphatic heterocycles. The fraction of sp³-hybridized carbons (Fsp3) is 0.400. The number of aromatic amines is 1. The topological polar surface area (TPSA) is 121 Å². The van der Waals surface area contributed by atoms with Crippen LogP contribution in [0.2, 0.25) is 0 Å². The third-order valence-electron chi connectivity index (χ3n) is 5.76. The van der Waals surface area contributed by atoms with Gasteiger partial charge < -0.3 is 30.6 Å². The fourth-order valence-corrected chi connectivity index (χ4v) is 4.97. The van der Waals surface area contributed by atoms with Crippen molar-refractivity contribution >= 4 is 44.9 Å². The molecule has 9 nitrogen and oxygen atoms in total. The lowest BCUT2D eigenvalue weighted by Gasteiger charge is -2.36. The molecule has 0 spiro atoms. The number of carbonyl (C=O) groups is 2. The predicted molar refractivity (Wildman–Crippen MR) is 139 cm³/mol. The highest BCUT2D eigenvalue weighted by molar-refractivity contribution is 7.21. The van der Waals surface area contributed by atoms with Gasteiger partial charge in [-0.1, -0.05) is 12.1 Å². The van der Waals surface area contributed by atoms with Crippen LogP contribution in [0, 0.1) is 0 Å². The number of piperazine rings is 1. The Morgan fingerprint density at radius 2 is 1.77 bits per heavy atom. The van der Waals surface area contributed by atoms with Crippen LogP contribution in [0.1, 0.15) is 36.0 Å². The van der Waals surface area contributed by atoms with Crippen molar-refractivity contribution in [3.8, 4) is 0 Å². The van der Waals surface area contributed by atoms with Gasteiger partial charge in [0.25, 0.3) is 5.91 Å². The van der Waals surface area contributed by atoms with E-state index in [1.165, 1.54) is 17.4 Å². The van der Waals surface area contributed by atoms with Gasteiger partial charge in [0.2, 0.25) is 5.56 Å². The van der Waals surface area contributed by atoms with Gasteiger partial charge in [-0.3, -0.25) is 9.59 Å². The number of nitrogens with zero attached hydrogens (tertiary/aromatic N) is 2. The Bertz CT molecular complexity index is 1270. The molecule has 1 aliphatic rings. The van der Waals surface area contributed by atoms with E-state index in [9.17, 15) is 14.4 Å². The SMILES string of the molecule is CC(C)(C)OC(=O)N1CCN(c2ccc(CCNC(=O)c3sc4[nH]c(=O)ccc4c3N)cc2)CC1. The molecule has 186 valence electrons. The number of thiophene rings is 1. The van der Waals surface area contributed by atoms with Crippen molar-refractivity contribution in [3.63, 3.8) is 0 Å². The number of pyridine rings is 1. The Hall–Kier alpha value is -3.53. The smallest absolute Gasteiger partial charge is 0.410 e. The van der Waals surface area contributed by atoms with E-state index < -0.39 is 5.60 Å². The van der Waals surface area contributed by atoms with Crippen molar-refractivity contribution in [3.05, 3.63) is 57.2 Å². The van der Waals surface area contributed by atoms with Crippen molar-refractivity contribution in [2.75, 3.05) is 43.4 Å². The summed E-state index contributed by atoms with van der Waals surface area (Å²) < 4.78 is 5.46. The molecular weight excluding hydrogens is 466 g/mol. The monoisotopic (exact) mass is 497 g/mol. The molecule has 3 heterocycles. The first kappa shape index (κ1) is 24.6. The van der Waals surface area contributed by atoms with Gasteiger partial charge in [-0.05, 0) is 51.0 Å². The average molecular weight is 498 g/mol. The Labute approximate surface area is 207 Å². The number of benzene rings is 1. The Balaban J connectivity index is 1.26. The Morgan fingerprint density at radius 3 is 2.43 bits per heavy atom. The largest absolute Gasteiger partial charge is 0.444 e. The molecule has 2 aromatic heterocycles. The van der Waals surface area contributed by atoms with Gasteiger partial charge in [0, 0.05) is 49.9 Å². The number of nitrogens with two attached hydrogens (primary N) is 1. The van der Waals surface area contributed by atoms with E-state index in [2.05, 4.69) is 39.5 Å². The summed E-state index contributed by atoms with van der Waals surface area (Å²) in [5.41, 5.74) is 7.99. The third kappa shape index (κ3) is 5.94. The quantitative estimate of drug-likeness (QED) is 0.498. The number of rotatable bonds is 5. The summed E-state index contributed by atoms with van der Waals surface area (Å²) in [6.45, 7) is 8.82. The molecule has 0 radical (unpaired) electrons. The van der Waals surface area contributed by atoms with Crippen LogP contribution in [0.25, 0.3) is 10.2 Å². The van der Waals surface area contributed by atoms with Crippen LogP contribution in [-0.4, -0.2) is 60.2 Å². The molecule has 0 unspecified atom stereocenters. The molecule has 10 heteroatoms. The number of nitrogens with one attached hydrogen (secondary N) is 2. The molecule has 1 aromatic carbocycles. The minimum Gasteiger partial charge on any atom is -0.444 e. The number of nitrogen functional groups attached to an aromatic ring is 1. The predicted octanol–water partition coefficient (Wildman–Crippen LogP) is 3.20.